The van der Waals surface area contributed by atoms with Crippen LogP contribution in [0.1, 0.15) is 28.2 Å². The van der Waals surface area contributed by atoms with E-state index in [4.69, 9.17) is 10.00 Å². The summed E-state index contributed by atoms with van der Waals surface area (Å²) in [6.45, 7) is 0.304. The fraction of sp³-hybridized carbons (Fsp3) is 0.240. The van der Waals surface area contributed by atoms with E-state index in [0.717, 1.165) is 11.3 Å². The van der Waals surface area contributed by atoms with Crippen molar-refractivity contribution in [3.63, 3.8) is 0 Å². The highest BCUT2D eigenvalue weighted by molar-refractivity contribution is 6.03. The first-order valence-corrected chi connectivity index (χ1v) is 11.6. The van der Waals surface area contributed by atoms with E-state index in [-0.39, 0.29) is 24.6 Å². The highest BCUT2D eigenvalue weighted by Crippen LogP contribution is 2.34. The van der Waals surface area contributed by atoms with Crippen LogP contribution < -0.4 is 15.0 Å². The van der Waals surface area contributed by atoms with Gasteiger partial charge in [-0.2, -0.15) is 10.4 Å². The van der Waals surface area contributed by atoms with Crippen LogP contribution in [-0.2, 0) is 17.8 Å². The van der Waals surface area contributed by atoms with Crippen molar-refractivity contribution in [2.45, 2.75) is 25.4 Å². The van der Waals surface area contributed by atoms with Gasteiger partial charge in [0, 0.05) is 24.7 Å². The number of aromatic nitrogens is 6. The number of rotatable bonds is 7. The zero-order valence-corrected chi connectivity index (χ0v) is 20.0. The van der Waals surface area contributed by atoms with Crippen molar-refractivity contribution in [2.75, 3.05) is 18.6 Å². The van der Waals surface area contributed by atoms with Crippen LogP contribution in [0.15, 0.2) is 54.6 Å². The summed E-state index contributed by atoms with van der Waals surface area (Å²) < 4.78 is 7.41. The van der Waals surface area contributed by atoms with E-state index in [9.17, 15) is 9.59 Å². The number of nitrogens with one attached hydrogen (secondary N) is 2. The van der Waals surface area contributed by atoms with Crippen molar-refractivity contribution in [3.05, 3.63) is 71.5 Å². The van der Waals surface area contributed by atoms with Crippen molar-refractivity contribution >= 4 is 17.5 Å². The average molecular weight is 498 g/mol. The molecule has 0 radical (unpaired) electrons. The minimum atomic E-state index is -0.913. The largest absolute Gasteiger partial charge is 0.489 e. The van der Waals surface area contributed by atoms with E-state index in [2.05, 4.69) is 37.1 Å². The molecule has 12 heteroatoms. The summed E-state index contributed by atoms with van der Waals surface area (Å²) in [6.07, 6.45) is 0.863. The summed E-state index contributed by atoms with van der Waals surface area (Å²) in [5, 5.41) is 30.3. The molecule has 3 heterocycles. The number of nitrogens with zero attached hydrogens (tertiary/aromatic N) is 7. The van der Waals surface area contributed by atoms with Gasteiger partial charge in [-0.1, -0.05) is 30.3 Å². The van der Waals surface area contributed by atoms with Gasteiger partial charge in [0.25, 0.3) is 11.8 Å². The number of tetrazole rings is 1. The third-order valence-electron chi connectivity index (χ3n) is 5.99. The van der Waals surface area contributed by atoms with Gasteiger partial charge in [0.15, 0.2) is 5.82 Å². The number of hydrogen-bond acceptors (Lipinski definition) is 8. The Morgan fingerprint density at radius 1 is 1.24 bits per heavy atom. The van der Waals surface area contributed by atoms with Crippen LogP contribution in [-0.4, -0.2) is 61.9 Å². The molecule has 2 aromatic carbocycles. The minimum absolute atomic E-state index is 0.0392. The van der Waals surface area contributed by atoms with Crippen molar-refractivity contribution in [1.29, 1.82) is 5.26 Å². The van der Waals surface area contributed by atoms with Gasteiger partial charge < -0.3 is 15.0 Å². The fourth-order valence-corrected chi connectivity index (χ4v) is 4.08. The molecule has 4 aromatic rings. The predicted molar refractivity (Wildman–Crippen MR) is 131 cm³/mol. The number of benzene rings is 2. The number of H-pyrrole nitrogens is 1. The number of likely N-dealkylation sites (N-methyl/N-ethyl adjacent to an activating group) is 1. The number of nitriles is 1. The van der Waals surface area contributed by atoms with Crippen molar-refractivity contribution < 1.29 is 14.3 Å². The van der Waals surface area contributed by atoms with Crippen LogP contribution in [0.25, 0.3) is 11.4 Å². The lowest BCUT2D eigenvalue weighted by atomic mass is 10.1. The van der Waals surface area contributed by atoms with E-state index >= 15 is 0 Å². The molecule has 0 saturated heterocycles. The maximum absolute atomic E-state index is 13.2. The van der Waals surface area contributed by atoms with Crippen LogP contribution in [0.3, 0.4) is 0 Å². The Balaban J connectivity index is 1.30. The molecule has 2 N–H and O–H groups in total. The molecule has 1 atom stereocenters. The zero-order valence-electron chi connectivity index (χ0n) is 20.0. The lowest BCUT2D eigenvalue weighted by molar-refractivity contribution is -0.120. The Kier molecular flexibility index (Phi) is 6.58. The number of aryl methyl sites for hydroxylation is 1. The molecule has 186 valence electrons. The molecule has 0 spiro atoms. The molecule has 2 amide bonds. The Bertz CT molecular complexity index is 1470. The molecule has 12 nitrogen and oxygen atoms in total. The lowest BCUT2D eigenvalue weighted by Crippen LogP contribution is -2.49. The standard InChI is InChI=1S/C25H23N9O3/c1-33-21-13-17(23-30-31-32-34(23)11-5-10-26)8-9-22(21)37-15-20(25(33)36)27-24(35)19-14-18(28-29-19)12-16-6-3-2-4-7-16/h2-4,6-9,13-14,20H,5,11-12,15H2,1H3,(H,27,35)(H,28,29)/t20-/m1/s1. The molecule has 1 aliphatic heterocycles. The summed E-state index contributed by atoms with van der Waals surface area (Å²) in [6, 6.07) is 17.9. The summed E-state index contributed by atoms with van der Waals surface area (Å²) in [5.74, 6) is 0.137. The molecule has 37 heavy (non-hydrogen) atoms. The molecule has 0 aliphatic carbocycles. The Hall–Kier alpha value is -5.05. The minimum Gasteiger partial charge on any atom is -0.489 e. The van der Waals surface area contributed by atoms with Gasteiger partial charge in [0.05, 0.1) is 24.7 Å². The third-order valence-corrected chi connectivity index (χ3v) is 5.99. The summed E-state index contributed by atoms with van der Waals surface area (Å²) in [5.41, 5.74) is 3.24. The van der Waals surface area contributed by atoms with E-state index in [1.165, 1.54) is 9.58 Å². The first-order chi connectivity index (χ1) is 18.0. The Morgan fingerprint density at radius 2 is 2.08 bits per heavy atom. The van der Waals surface area contributed by atoms with Crippen molar-refractivity contribution in [2.24, 2.45) is 0 Å². The Morgan fingerprint density at radius 3 is 2.89 bits per heavy atom. The van der Waals surface area contributed by atoms with Gasteiger partial charge in [-0.15, -0.1) is 5.10 Å². The Labute approximate surface area is 211 Å². The normalized spacial score (nSPS) is 14.9. The second kappa shape index (κ2) is 10.3. The number of hydrogen-bond donors (Lipinski definition) is 2. The van der Waals surface area contributed by atoms with Crippen LogP contribution in [0.2, 0.25) is 0 Å². The van der Waals surface area contributed by atoms with Gasteiger partial charge in [0.2, 0.25) is 0 Å². The number of fused-ring (bicyclic) bond motifs is 1. The summed E-state index contributed by atoms with van der Waals surface area (Å²) >= 11 is 0. The first kappa shape index (κ1) is 23.7. The second-order valence-electron chi connectivity index (χ2n) is 8.49. The maximum Gasteiger partial charge on any atom is 0.272 e. The number of aromatic amines is 1. The van der Waals surface area contributed by atoms with E-state index in [0.29, 0.717) is 35.8 Å². The molecule has 5 rings (SSSR count). The average Bonchev–Trinajstić information content (AvgIpc) is 3.57. The molecule has 1 aliphatic rings. The van der Waals surface area contributed by atoms with Crippen molar-refractivity contribution in [3.8, 4) is 23.2 Å². The van der Waals surface area contributed by atoms with Crippen molar-refractivity contribution in [1.82, 2.24) is 35.7 Å². The van der Waals surface area contributed by atoms with E-state index < -0.39 is 11.9 Å². The van der Waals surface area contributed by atoms with Gasteiger partial charge in [0.1, 0.15) is 24.1 Å². The van der Waals surface area contributed by atoms with E-state index in [1.54, 1.807) is 31.3 Å². The zero-order chi connectivity index (χ0) is 25.8. The maximum atomic E-state index is 13.2. The lowest BCUT2D eigenvalue weighted by Gasteiger charge is -2.20. The highest BCUT2D eigenvalue weighted by atomic mass is 16.5. The molecule has 0 bridgehead atoms. The summed E-state index contributed by atoms with van der Waals surface area (Å²) in [4.78, 5) is 27.6. The van der Waals surface area contributed by atoms with Crippen LogP contribution >= 0.6 is 0 Å². The smallest absolute Gasteiger partial charge is 0.272 e. The topological polar surface area (TPSA) is 155 Å². The molecule has 0 unspecified atom stereocenters. The third kappa shape index (κ3) is 5.01. The molecule has 2 aromatic heterocycles. The molecular weight excluding hydrogens is 474 g/mol. The first-order valence-electron chi connectivity index (χ1n) is 11.6. The van der Waals surface area contributed by atoms with Gasteiger partial charge in [-0.05, 0) is 40.3 Å². The van der Waals surface area contributed by atoms with E-state index in [1.807, 2.05) is 30.3 Å². The highest BCUT2D eigenvalue weighted by Gasteiger charge is 2.31. The monoisotopic (exact) mass is 497 g/mol. The van der Waals surface area contributed by atoms with Crippen LogP contribution in [0.5, 0.6) is 5.75 Å². The fourth-order valence-electron chi connectivity index (χ4n) is 4.08. The van der Waals surface area contributed by atoms with Gasteiger partial charge in [-0.25, -0.2) is 4.68 Å². The van der Waals surface area contributed by atoms with Crippen LogP contribution in [0, 0.1) is 11.3 Å². The molecule has 0 fully saturated rings. The predicted octanol–water partition coefficient (Wildman–Crippen LogP) is 1.72. The number of anilines is 1. The molecular formula is C25H23N9O3. The summed E-state index contributed by atoms with van der Waals surface area (Å²) in [7, 11) is 1.62. The number of carbonyl (C=O) groups is 2. The number of amides is 2. The number of ether oxygens (including phenoxy) is 1. The molecule has 0 saturated carbocycles. The van der Waals surface area contributed by atoms with Crippen LogP contribution in [0.4, 0.5) is 5.69 Å². The van der Waals surface area contributed by atoms with Gasteiger partial charge in [-0.3, -0.25) is 14.7 Å². The quantitative estimate of drug-likeness (QED) is 0.391. The van der Waals surface area contributed by atoms with Gasteiger partial charge >= 0.3 is 0 Å². The number of carbonyl (C=O) groups excluding carboxylic acids is 2. The SMILES string of the molecule is CN1C(=O)[C@H](NC(=O)c2cc(Cc3ccccc3)[nH]n2)COc2ccc(-c3nnnn3CCC#N)cc21. The second-order valence-corrected chi connectivity index (χ2v) is 8.49.